The molecule has 3 amide bonds. The second-order valence-corrected chi connectivity index (χ2v) is 8.47. The van der Waals surface area contributed by atoms with Crippen LogP contribution in [0.15, 0.2) is 53.4 Å². The molecule has 0 radical (unpaired) electrons. The van der Waals surface area contributed by atoms with E-state index < -0.39 is 5.25 Å². The number of halogens is 1. The van der Waals surface area contributed by atoms with Gasteiger partial charge in [-0.15, -0.1) is 11.8 Å². The molecule has 2 aromatic rings. The Balaban J connectivity index is 1.48. The minimum absolute atomic E-state index is 0.179. The molecule has 0 unspecified atom stereocenters. The summed E-state index contributed by atoms with van der Waals surface area (Å²) < 4.78 is 13.0. The molecule has 156 valence electrons. The van der Waals surface area contributed by atoms with E-state index in [1.54, 1.807) is 29.2 Å². The number of rotatable bonds is 5. The number of amides is 3. The van der Waals surface area contributed by atoms with Crippen LogP contribution in [0.1, 0.15) is 18.4 Å². The molecule has 1 atom stereocenters. The van der Waals surface area contributed by atoms with E-state index in [1.165, 1.54) is 28.8 Å². The predicted molar refractivity (Wildman–Crippen MR) is 113 cm³/mol. The fourth-order valence-electron chi connectivity index (χ4n) is 3.64. The Bertz CT molecular complexity index is 960. The lowest BCUT2D eigenvalue weighted by atomic mass is 10.2. The van der Waals surface area contributed by atoms with Crippen molar-refractivity contribution in [2.24, 2.45) is 0 Å². The van der Waals surface area contributed by atoms with Crippen molar-refractivity contribution in [2.75, 3.05) is 24.5 Å². The van der Waals surface area contributed by atoms with E-state index in [4.69, 9.17) is 0 Å². The lowest BCUT2D eigenvalue weighted by Gasteiger charge is -2.34. The molecule has 8 heteroatoms. The van der Waals surface area contributed by atoms with Crippen LogP contribution in [-0.2, 0) is 20.9 Å². The number of anilines is 1. The molecule has 1 fully saturated rings. The maximum Gasteiger partial charge on any atom is 0.250 e. The third-order valence-corrected chi connectivity index (χ3v) is 6.48. The SMILES string of the molecule is O=C(CN1C(=O)[C@@H](C(=O)N2CCCC2)Sc2ccccc21)NCc1ccc(F)cc1. The van der Waals surface area contributed by atoms with Gasteiger partial charge in [0.05, 0.1) is 5.69 Å². The van der Waals surface area contributed by atoms with E-state index in [0.29, 0.717) is 18.8 Å². The first-order valence-corrected chi connectivity index (χ1v) is 10.8. The highest BCUT2D eigenvalue weighted by Crippen LogP contribution is 2.39. The Kier molecular flexibility index (Phi) is 6.03. The van der Waals surface area contributed by atoms with E-state index in [1.807, 2.05) is 12.1 Å². The zero-order valence-corrected chi connectivity index (χ0v) is 17.2. The summed E-state index contributed by atoms with van der Waals surface area (Å²) in [7, 11) is 0. The summed E-state index contributed by atoms with van der Waals surface area (Å²) in [5, 5.41) is 1.89. The lowest BCUT2D eigenvalue weighted by molar-refractivity contribution is -0.134. The van der Waals surface area contributed by atoms with Gasteiger partial charge in [-0.3, -0.25) is 14.4 Å². The number of carbonyl (C=O) groups excluding carboxylic acids is 3. The molecule has 30 heavy (non-hydrogen) atoms. The maximum absolute atomic E-state index is 13.2. The van der Waals surface area contributed by atoms with Crippen LogP contribution in [-0.4, -0.2) is 47.5 Å². The molecule has 1 N–H and O–H groups in total. The Hall–Kier alpha value is -2.87. The lowest BCUT2D eigenvalue weighted by Crippen LogP contribution is -2.51. The molecular formula is C22H22FN3O3S. The molecule has 0 spiro atoms. The Morgan fingerprint density at radius 1 is 1.07 bits per heavy atom. The molecule has 0 aliphatic carbocycles. The molecule has 4 rings (SSSR count). The number of nitrogens with zero attached hydrogens (tertiary/aromatic N) is 2. The number of para-hydroxylation sites is 1. The van der Waals surface area contributed by atoms with E-state index >= 15 is 0 Å². The topological polar surface area (TPSA) is 69.7 Å². The number of thioether (sulfide) groups is 1. The highest BCUT2D eigenvalue weighted by Gasteiger charge is 2.41. The summed E-state index contributed by atoms with van der Waals surface area (Å²) in [6.45, 7) is 1.39. The quantitative estimate of drug-likeness (QED) is 0.745. The van der Waals surface area contributed by atoms with Gasteiger partial charge in [0.15, 0.2) is 5.25 Å². The van der Waals surface area contributed by atoms with E-state index in [0.717, 1.165) is 23.3 Å². The highest BCUT2D eigenvalue weighted by molar-refractivity contribution is 8.01. The van der Waals surface area contributed by atoms with Crippen LogP contribution in [0.5, 0.6) is 0 Å². The summed E-state index contributed by atoms with van der Waals surface area (Å²) in [5.41, 5.74) is 1.39. The first kappa shape index (κ1) is 20.4. The number of carbonyl (C=O) groups is 3. The van der Waals surface area contributed by atoms with Crippen molar-refractivity contribution in [1.29, 1.82) is 0 Å². The van der Waals surface area contributed by atoms with Gasteiger partial charge in [0.2, 0.25) is 11.8 Å². The van der Waals surface area contributed by atoms with Crippen LogP contribution in [0, 0.1) is 5.82 Å². The molecule has 6 nitrogen and oxygen atoms in total. The zero-order chi connectivity index (χ0) is 21.1. The van der Waals surface area contributed by atoms with Gasteiger partial charge < -0.3 is 15.1 Å². The monoisotopic (exact) mass is 427 g/mol. The minimum atomic E-state index is -0.872. The van der Waals surface area contributed by atoms with Crippen molar-refractivity contribution in [2.45, 2.75) is 29.5 Å². The molecule has 0 saturated carbocycles. The van der Waals surface area contributed by atoms with Crippen molar-refractivity contribution in [3.63, 3.8) is 0 Å². The summed E-state index contributed by atoms with van der Waals surface area (Å²) in [5.74, 6) is -1.24. The third kappa shape index (κ3) is 4.33. The van der Waals surface area contributed by atoms with Crippen molar-refractivity contribution in [3.8, 4) is 0 Å². The van der Waals surface area contributed by atoms with Crippen LogP contribution in [0.25, 0.3) is 0 Å². The average Bonchev–Trinajstić information content (AvgIpc) is 3.29. The minimum Gasteiger partial charge on any atom is -0.350 e. The zero-order valence-electron chi connectivity index (χ0n) is 16.3. The van der Waals surface area contributed by atoms with Crippen molar-refractivity contribution >= 4 is 35.2 Å². The van der Waals surface area contributed by atoms with Crippen LogP contribution in [0.4, 0.5) is 10.1 Å². The van der Waals surface area contributed by atoms with Gasteiger partial charge in [-0.05, 0) is 42.7 Å². The molecule has 2 aromatic carbocycles. The summed E-state index contributed by atoms with van der Waals surface area (Å²) in [6.07, 6.45) is 1.90. The Morgan fingerprint density at radius 3 is 2.50 bits per heavy atom. The smallest absolute Gasteiger partial charge is 0.250 e. The number of hydrogen-bond acceptors (Lipinski definition) is 4. The van der Waals surface area contributed by atoms with Gasteiger partial charge >= 0.3 is 0 Å². The van der Waals surface area contributed by atoms with Crippen molar-refractivity contribution in [3.05, 3.63) is 59.9 Å². The average molecular weight is 428 g/mol. The number of benzene rings is 2. The van der Waals surface area contributed by atoms with Gasteiger partial charge in [-0.1, -0.05) is 24.3 Å². The first-order valence-electron chi connectivity index (χ1n) is 9.90. The predicted octanol–water partition coefficient (Wildman–Crippen LogP) is 2.57. The van der Waals surface area contributed by atoms with E-state index in [-0.39, 0.29) is 36.6 Å². The molecule has 0 aromatic heterocycles. The number of fused-ring (bicyclic) bond motifs is 1. The van der Waals surface area contributed by atoms with Crippen LogP contribution >= 0.6 is 11.8 Å². The molecule has 0 bridgehead atoms. The van der Waals surface area contributed by atoms with E-state index in [9.17, 15) is 18.8 Å². The van der Waals surface area contributed by atoms with Crippen LogP contribution < -0.4 is 10.2 Å². The molecule has 2 heterocycles. The van der Waals surface area contributed by atoms with Gasteiger partial charge in [0.25, 0.3) is 5.91 Å². The van der Waals surface area contributed by atoms with Gasteiger partial charge in [0, 0.05) is 24.5 Å². The molecule has 2 aliphatic heterocycles. The normalized spacial score (nSPS) is 18.3. The first-order chi connectivity index (χ1) is 14.5. The number of likely N-dealkylation sites (tertiary alicyclic amines) is 1. The highest BCUT2D eigenvalue weighted by atomic mass is 32.2. The molecular weight excluding hydrogens is 405 g/mol. The van der Waals surface area contributed by atoms with Crippen LogP contribution in [0.2, 0.25) is 0 Å². The number of nitrogens with one attached hydrogen (secondary N) is 1. The maximum atomic E-state index is 13.2. The van der Waals surface area contributed by atoms with E-state index in [2.05, 4.69) is 5.32 Å². The fourth-order valence-corrected chi connectivity index (χ4v) is 4.83. The van der Waals surface area contributed by atoms with Crippen LogP contribution in [0.3, 0.4) is 0 Å². The second kappa shape index (κ2) is 8.87. The Morgan fingerprint density at radius 2 is 1.77 bits per heavy atom. The summed E-state index contributed by atoms with van der Waals surface area (Å²) in [6, 6.07) is 13.2. The van der Waals surface area contributed by atoms with Gasteiger partial charge in [-0.25, -0.2) is 4.39 Å². The largest absolute Gasteiger partial charge is 0.350 e. The standard InChI is InChI=1S/C22H22FN3O3S/c23-16-9-7-15(8-10-16)13-24-19(27)14-26-17-5-1-2-6-18(17)30-20(22(26)29)21(28)25-11-3-4-12-25/h1-2,5-10,20H,3-4,11-14H2,(H,24,27)/t20-/m1/s1. The van der Waals surface area contributed by atoms with Crippen molar-refractivity contribution in [1.82, 2.24) is 10.2 Å². The summed E-state index contributed by atoms with van der Waals surface area (Å²) in [4.78, 5) is 42.6. The fraction of sp³-hybridized carbons (Fsp3) is 0.318. The Labute approximate surface area is 178 Å². The third-order valence-electron chi connectivity index (χ3n) is 5.24. The number of hydrogen-bond donors (Lipinski definition) is 1. The second-order valence-electron chi connectivity index (χ2n) is 7.33. The molecule has 2 aliphatic rings. The van der Waals surface area contributed by atoms with Gasteiger partial charge in [0.1, 0.15) is 12.4 Å². The summed E-state index contributed by atoms with van der Waals surface area (Å²) >= 11 is 1.25. The van der Waals surface area contributed by atoms with Crippen molar-refractivity contribution < 1.29 is 18.8 Å². The van der Waals surface area contributed by atoms with Gasteiger partial charge in [-0.2, -0.15) is 0 Å². The molecule has 1 saturated heterocycles.